The van der Waals surface area contributed by atoms with Crippen LogP contribution in [0, 0.1) is 27.7 Å². The summed E-state index contributed by atoms with van der Waals surface area (Å²) >= 11 is 6.07. The van der Waals surface area contributed by atoms with E-state index in [9.17, 15) is 0 Å². The average molecular weight is 529 g/mol. The molecule has 0 aliphatic rings. The second-order valence-corrected chi connectivity index (χ2v) is 8.31. The summed E-state index contributed by atoms with van der Waals surface area (Å²) in [5.74, 6) is 0. The molecule has 4 aromatic rings. The topological polar surface area (TPSA) is 25.8 Å². The number of rotatable bonds is 0. The number of para-hydroxylation sites is 2. The predicted octanol–water partition coefficient (Wildman–Crippen LogP) is 3.29. The van der Waals surface area contributed by atoms with Gasteiger partial charge in [0.2, 0.25) is 0 Å². The molecule has 0 atom stereocenters. The molecule has 0 saturated heterocycles. The maximum Gasteiger partial charge on any atom is 0 e. The van der Waals surface area contributed by atoms with Crippen molar-refractivity contribution in [3.63, 3.8) is 0 Å². The van der Waals surface area contributed by atoms with Crippen LogP contribution in [0.2, 0.25) is 0 Å². The summed E-state index contributed by atoms with van der Waals surface area (Å²) in [6.45, 7) is 8.30. The standard InChI is InChI=1S/2C11H10NSe.Ni/c2*1-7-6-8(2)12-11-9(7)4-3-5-10(11)13;/h2*3-6H,1-2H3;. The molecule has 140 valence electrons. The van der Waals surface area contributed by atoms with Gasteiger partial charge in [0.25, 0.3) is 0 Å². The number of aromatic nitrogens is 2. The first-order chi connectivity index (χ1) is 12.4. The van der Waals surface area contributed by atoms with E-state index in [0.717, 1.165) is 31.3 Å². The van der Waals surface area contributed by atoms with Gasteiger partial charge in [-0.1, -0.05) is 0 Å². The molecule has 0 aliphatic carbocycles. The summed E-state index contributed by atoms with van der Waals surface area (Å²) in [6.07, 6.45) is 0. The number of nitrogens with zero attached hydrogens (tertiary/aromatic N) is 2. The van der Waals surface area contributed by atoms with E-state index in [1.165, 1.54) is 21.9 Å². The number of fused-ring (bicyclic) bond motifs is 2. The van der Waals surface area contributed by atoms with Crippen molar-refractivity contribution in [2.45, 2.75) is 27.7 Å². The van der Waals surface area contributed by atoms with Crippen molar-refractivity contribution < 1.29 is 16.5 Å². The SMILES string of the molecule is Cc1cc(C)c2cccc([Se])c2n1.Cc1cc(C)c2cccc([Se])c2n1.[Ni]. The largest absolute Gasteiger partial charge is 0 e. The Morgan fingerprint density at radius 1 is 0.630 bits per heavy atom. The summed E-state index contributed by atoms with van der Waals surface area (Å²) in [6, 6.07) is 16.7. The average Bonchev–Trinajstić information content (AvgIpc) is 2.57. The Morgan fingerprint density at radius 2 is 1.00 bits per heavy atom. The smallest absolute Gasteiger partial charge is 0 e. The van der Waals surface area contributed by atoms with E-state index >= 15 is 0 Å². The Kier molecular flexibility index (Phi) is 7.63. The molecule has 0 bridgehead atoms. The van der Waals surface area contributed by atoms with Crippen LogP contribution in [0.25, 0.3) is 21.8 Å². The van der Waals surface area contributed by atoms with Crippen LogP contribution < -0.4 is 8.92 Å². The zero-order chi connectivity index (χ0) is 18.8. The maximum absolute atomic E-state index is 4.50. The van der Waals surface area contributed by atoms with E-state index in [2.05, 4.69) is 92.2 Å². The van der Waals surface area contributed by atoms with Gasteiger partial charge in [-0.15, -0.1) is 0 Å². The van der Waals surface area contributed by atoms with Crippen molar-refractivity contribution in [2.24, 2.45) is 0 Å². The van der Waals surface area contributed by atoms with E-state index < -0.39 is 0 Å². The Labute approximate surface area is 187 Å². The number of aryl methyl sites for hydroxylation is 4. The molecule has 2 aromatic heterocycles. The summed E-state index contributed by atoms with van der Waals surface area (Å²) in [5, 5.41) is 2.48. The van der Waals surface area contributed by atoms with Gasteiger partial charge in [-0.05, 0) is 0 Å². The normalized spacial score (nSPS) is 10.2. The number of benzene rings is 2. The summed E-state index contributed by atoms with van der Waals surface area (Å²) < 4.78 is 2.26. The van der Waals surface area contributed by atoms with Crippen LogP contribution in [-0.4, -0.2) is 42.0 Å². The minimum absolute atomic E-state index is 0. The van der Waals surface area contributed by atoms with E-state index in [-0.39, 0.29) is 16.5 Å². The van der Waals surface area contributed by atoms with Crippen molar-refractivity contribution in [1.82, 2.24) is 9.97 Å². The first kappa shape index (κ1) is 22.1. The number of hydrogen-bond acceptors (Lipinski definition) is 2. The Balaban J connectivity index is 0.000000187. The molecule has 0 fully saturated rings. The molecule has 0 unspecified atom stereocenters. The van der Waals surface area contributed by atoms with Crippen molar-refractivity contribution in [3.8, 4) is 0 Å². The molecular weight excluding hydrogens is 509 g/mol. The van der Waals surface area contributed by atoms with Crippen molar-refractivity contribution in [3.05, 3.63) is 71.0 Å². The maximum atomic E-state index is 4.50. The molecule has 2 aromatic carbocycles. The molecule has 2 nitrogen and oxygen atoms in total. The van der Waals surface area contributed by atoms with Crippen LogP contribution in [-0.2, 0) is 16.5 Å². The molecular formula is C22H20N2NiSe2. The van der Waals surface area contributed by atoms with E-state index in [1.54, 1.807) is 0 Å². The predicted molar refractivity (Wildman–Crippen MR) is 113 cm³/mol. The molecule has 0 spiro atoms. The van der Waals surface area contributed by atoms with Crippen LogP contribution in [0.1, 0.15) is 22.5 Å². The zero-order valence-electron chi connectivity index (χ0n) is 15.6. The summed E-state index contributed by atoms with van der Waals surface area (Å²) in [4.78, 5) is 9.01. The van der Waals surface area contributed by atoms with Gasteiger partial charge in [-0.3, -0.25) is 0 Å². The second kappa shape index (κ2) is 9.33. The first-order valence-corrected chi connectivity index (χ1v) is 10.2. The first-order valence-electron chi connectivity index (χ1n) is 8.45. The van der Waals surface area contributed by atoms with E-state index in [4.69, 9.17) is 0 Å². The third kappa shape index (κ3) is 4.99. The molecule has 0 aliphatic heterocycles. The van der Waals surface area contributed by atoms with Gasteiger partial charge < -0.3 is 0 Å². The van der Waals surface area contributed by atoms with Gasteiger partial charge in [0, 0.05) is 16.5 Å². The quantitative estimate of drug-likeness (QED) is 0.327. The summed E-state index contributed by atoms with van der Waals surface area (Å²) in [7, 11) is 0. The van der Waals surface area contributed by atoms with Crippen LogP contribution >= 0.6 is 0 Å². The summed E-state index contributed by atoms with van der Waals surface area (Å²) in [5.41, 5.74) is 6.90. The third-order valence-electron chi connectivity index (χ3n) is 4.27. The van der Waals surface area contributed by atoms with Crippen LogP contribution in [0.4, 0.5) is 0 Å². The molecule has 0 amide bonds. The van der Waals surface area contributed by atoms with Gasteiger partial charge >= 0.3 is 171 Å². The van der Waals surface area contributed by atoms with Gasteiger partial charge in [0.1, 0.15) is 0 Å². The van der Waals surface area contributed by atoms with Crippen LogP contribution in [0.3, 0.4) is 0 Å². The van der Waals surface area contributed by atoms with Gasteiger partial charge in [-0.25, -0.2) is 0 Å². The number of hydrogen-bond donors (Lipinski definition) is 0. The van der Waals surface area contributed by atoms with Crippen molar-refractivity contribution in [2.75, 3.05) is 0 Å². The fraction of sp³-hybridized carbons (Fsp3) is 0.182. The van der Waals surface area contributed by atoms with Gasteiger partial charge in [0.15, 0.2) is 0 Å². The fourth-order valence-electron chi connectivity index (χ4n) is 3.11. The third-order valence-corrected chi connectivity index (χ3v) is 5.66. The van der Waals surface area contributed by atoms with Crippen LogP contribution in [0.15, 0.2) is 48.5 Å². The minimum atomic E-state index is 0. The van der Waals surface area contributed by atoms with Crippen molar-refractivity contribution >= 4 is 62.8 Å². The van der Waals surface area contributed by atoms with Gasteiger partial charge in [0.05, 0.1) is 0 Å². The van der Waals surface area contributed by atoms with Gasteiger partial charge in [-0.2, -0.15) is 0 Å². The van der Waals surface area contributed by atoms with Crippen LogP contribution in [0.5, 0.6) is 0 Å². The van der Waals surface area contributed by atoms with E-state index in [1.807, 2.05) is 26.0 Å². The molecule has 27 heavy (non-hydrogen) atoms. The molecule has 2 heterocycles. The Morgan fingerprint density at radius 3 is 1.37 bits per heavy atom. The second-order valence-electron chi connectivity index (χ2n) is 6.47. The molecule has 0 saturated carbocycles. The molecule has 0 N–H and O–H groups in total. The molecule has 2 radical (unpaired) electrons. The monoisotopic (exact) mass is 530 g/mol. The van der Waals surface area contributed by atoms with Crippen molar-refractivity contribution in [1.29, 1.82) is 0 Å². The van der Waals surface area contributed by atoms with E-state index in [0.29, 0.717) is 0 Å². The minimum Gasteiger partial charge on any atom is 0 e. The fourth-order valence-corrected chi connectivity index (χ4v) is 4.09. The Hall–Kier alpha value is -1.21. The number of pyridine rings is 2. The molecule has 5 heteroatoms. The Bertz CT molecular complexity index is 1020. The zero-order valence-corrected chi connectivity index (χ0v) is 20.1. The molecule has 4 rings (SSSR count).